The number of nitriles is 1. The Kier molecular flexibility index (Phi) is 6.82. The molecule has 0 saturated carbocycles. The van der Waals surface area contributed by atoms with Crippen LogP contribution in [-0.4, -0.2) is 24.7 Å². The van der Waals surface area contributed by atoms with E-state index in [-0.39, 0.29) is 28.5 Å². The van der Waals surface area contributed by atoms with Gasteiger partial charge < -0.3 is 10.1 Å². The van der Waals surface area contributed by atoms with Crippen molar-refractivity contribution in [2.45, 2.75) is 6.92 Å². The molecule has 2 aromatic carbocycles. The number of carbonyl (C=O) groups excluding carboxylic acids is 1. The second kappa shape index (κ2) is 10.5. The number of hydrogen-bond acceptors (Lipinski definition) is 6. The van der Waals surface area contributed by atoms with Crippen molar-refractivity contribution in [2.24, 2.45) is 7.05 Å². The lowest BCUT2D eigenvalue weighted by Gasteiger charge is -2.10. The predicted molar refractivity (Wildman–Crippen MR) is 146 cm³/mol. The van der Waals surface area contributed by atoms with Crippen LogP contribution in [0.2, 0.25) is 0 Å². The second-order valence-electron chi connectivity index (χ2n) is 8.68. The van der Waals surface area contributed by atoms with Crippen LogP contribution < -0.4 is 21.2 Å². The predicted octanol–water partition coefficient (Wildman–Crippen LogP) is 3.97. The van der Waals surface area contributed by atoms with Crippen LogP contribution in [0.4, 0.5) is 10.1 Å². The molecule has 5 aromatic rings. The van der Waals surface area contributed by atoms with Crippen molar-refractivity contribution >= 4 is 23.3 Å². The highest BCUT2D eigenvalue weighted by molar-refractivity contribution is 6.10. The zero-order valence-corrected chi connectivity index (χ0v) is 21.3. The van der Waals surface area contributed by atoms with Crippen LogP contribution in [0, 0.1) is 24.1 Å². The zero-order chi connectivity index (χ0) is 28.4. The van der Waals surface area contributed by atoms with Crippen LogP contribution in [0.3, 0.4) is 0 Å². The lowest BCUT2D eigenvalue weighted by atomic mass is 10.1. The second-order valence-corrected chi connectivity index (χ2v) is 8.68. The number of nitrogens with zero attached hydrogens (tertiary/aromatic N) is 5. The van der Waals surface area contributed by atoms with Gasteiger partial charge in [-0.1, -0.05) is 24.3 Å². The van der Waals surface area contributed by atoms with E-state index in [0.717, 1.165) is 6.08 Å². The average Bonchev–Trinajstić information content (AvgIpc) is 3.17. The lowest BCUT2D eigenvalue weighted by Crippen LogP contribution is -2.24. The number of hydrogen-bond donors (Lipinski definition) is 1. The molecule has 0 aliphatic heterocycles. The number of para-hydroxylation sites is 1. The molecule has 10 nitrogen and oxygen atoms in total. The third kappa shape index (κ3) is 4.77. The van der Waals surface area contributed by atoms with Gasteiger partial charge in [0.1, 0.15) is 40.1 Å². The fourth-order valence-electron chi connectivity index (χ4n) is 4.08. The third-order valence-electron chi connectivity index (χ3n) is 6.21. The minimum Gasteiger partial charge on any atom is -0.438 e. The highest BCUT2D eigenvalue weighted by Crippen LogP contribution is 2.24. The Labute approximate surface area is 226 Å². The Balaban J connectivity index is 1.57. The molecule has 3 aromatic heterocycles. The summed E-state index contributed by atoms with van der Waals surface area (Å²) < 4.78 is 23.4. The van der Waals surface area contributed by atoms with Crippen molar-refractivity contribution < 1.29 is 13.9 Å². The Morgan fingerprint density at radius 1 is 1.02 bits per heavy atom. The Morgan fingerprint density at radius 3 is 2.42 bits per heavy atom. The van der Waals surface area contributed by atoms with Gasteiger partial charge in [-0.3, -0.25) is 23.5 Å². The van der Waals surface area contributed by atoms with E-state index in [0.29, 0.717) is 11.4 Å². The van der Waals surface area contributed by atoms with Gasteiger partial charge in [-0.25, -0.2) is 9.07 Å². The summed E-state index contributed by atoms with van der Waals surface area (Å²) in [5.41, 5.74) is -0.478. The fourth-order valence-corrected chi connectivity index (χ4v) is 4.08. The third-order valence-corrected chi connectivity index (χ3v) is 6.21. The standard InChI is InChI=1S/C29H21FN6O4/c1-18-25(29(39)36(34(18)2)21-8-4-3-5-9-21)33-26(37)19(17-31)16-23-27(40-22-13-11-20(30)12-14-22)32-24-10-6-7-15-35(24)28(23)38/h3-16H,1-2H3,(H,33,37). The van der Waals surface area contributed by atoms with Gasteiger partial charge in [-0.2, -0.15) is 10.2 Å². The van der Waals surface area contributed by atoms with Crippen LogP contribution in [0.15, 0.2) is 94.2 Å². The highest BCUT2D eigenvalue weighted by atomic mass is 19.1. The molecule has 0 fully saturated rings. The normalized spacial score (nSPS) is 11.3. The quantitative estimate of drug-likeness (QED) is 0.259. The van der Waals surface area contributed by atoms with E-state index in [4.69, 9.17) is 4.74 Å². The van der Waals surface area contributed by atoms with Crippen LogP contribution in [0.5, 0.6) is 11.6 Å². The molecule has 0 radical (unpaired) electrons. The van der Waals surface area contributed by atoms with E-state index >= 15 is 0 Å². The van der Waals surface area contributed by atoms with E-state index in [9.17, 15) is 24.0 Å². The topological polar surface area (TPSA) is 123 Å². The summed E-state index contributed by atoms with van der Waals surface area (Å²) in [6, 6.07) is 20.6. The minimum atomic E-state index is -0.904. The molecular formula is C29H21FN6O4. The van der Waals surface area contributed by atoms with Gasteiger partial charge >= 0.3 is 0 Å². The van der Waals surface area contributed by atoms with Crippen LogP contribution >= 0.6 is 0 Å². The molecule has 0 bridgehead atoms. The fraction of sp³-hybridized carbons (Fsp3) is 0.0690. The Morgan fingerprint density at radius 2 is 1.73 bits per heavy atom. The number of amides is 1. The monoisotopic (exact) mass is 536 g/mol. The van der Waals surface area contributed by atoms with Crippen molar-refractivity contribution in [2.75, 3.05) is 5.32 Å². The summed E-state index contributed by atoms with van der Waals surface area (Å²) in [6.45, 7) is 1.65. The molecule has 0 atom stereocenters. The van der Waals surface area contributed by atoms with Gasteiger partial charge in [-0.15, -0.1) is 0 Å². The first kappa shape index (κ1) is 25.9. The number of nitrogens with one attached hydrogen (secondary N) is 1. The molecule has 0 unspecified atom stereocenters. The molecule has 198 valence electrons. The van der Waals surface area contributed by atoms with Gasteiger partial charge in [0.15, 0.2) is 0 Å². The molecule has 0 spiro atoms. The highest BCUT2D eigenvalue weighted by Gasteiger charge is 2.22. The summed E-state index contributed by atoms with van der Waals surface area (Å²) in [5.74, 6) is -1.39. The SMILES string of the molecule is Cc1c(NC(=O)C(C#N)=Cc2c(Oc3ccc(F)cc3)nc3ccccn3c2=O)c(=O)n(-c2ccccc2)n1C. The maximum absolute atomic E-state index is 13.4. The van der Waals surface area contributed by atoms with Crippen molar-refractivity contribution in [1.29, 1.82) is 5.26 Å². The molecule has 1 N–H and O–H groups in total. The van der Waals surface area contributed by atoms with E-state index < -0.39 is 28.4 Å². The summed E-state index contributed by atoms with van der Waals surface area (Å²) in [5, 5.41) is 12.4. The molecular weight excluding hydrogens is 515 g/mol. The molecule has 5 rings (SSSR count). The van der Waals surface area contributed by atoms with Crippen molar-refractivity contribution in [1.82, 2.24) is 18.7 Å². The van der Waals surface area contributed by atoms with Gasteiger partial charge in [0.25, 0.3) is 17.0 Å². The number of benzene rings is 2. The molecule has 1 amide bonds. The number of pyridine rings is 1. The van der Waals surface area contributed by atoms with Crippen LogP contribution in [-0.2, 0) is 11.8 Å². The van der Waals surface area contributed by atoms with E-state index in [2.05, 4.69) is 10.3 Å². The van der Waals surface area contributed by atoms with Gasteiger partial charge in [0, 0.05) is 13.2 Å². The molecule has 0 aliphatic rings. The smallest absolute Gasteiger partial charge is 0.295 e. The van der Waals surface area contributed by atoms with Gasteiger partial charge in [0.2, 0.25) is 5.88 Å². The van der Waals surface area contributed by atoms with Crippen LogP contribution in [0.1, 0.15) is 11.3 Å². The number of aromatic nitrogens is 4. The summed E-state index contributed by atoms with van der Waals surface area (Å²) in [4.78, 5) is 44.2. The van der Waals surface area contributed by atoms with Gasteiger partial charge in [0.05, 0.1) is 11.4 Å². The van der Waals surface area contributed by atoms with E-state index in [1.54, 1.807) is 67.2 Å². The largest absolute Gasteiger partial charge is 0.438 e. The van der Waals surface area contributed by atoms with Crippen molar-refractivity contribution in [3.8, 4) is 23.4 Å². The molecule has 0 saturated heterocycles. The number of fused-ring (bicyclic) bond motifs is 1. The number of anilines is 1. The van der Waals surface area contributed by atoms with Crippen molar-refractivity contribution in [3.05, 3.63) is 122 Å². The number of carbonyl (C=O) groups is 1. The first-order valence-corrected chi connectivity index (χ1v) is 12.0. The average molecular weight is 537 g/mol. The minimum absolute atomic E-state index is 0.0198. The molecule has 40 heavy (non-hydrogen) atoms. The summed E-state index contributed by atoms with van der Waals surface area (Å²) >= 11 is 0. The maximum atomic E-state index is 13.4. The number of rotatable bonds is 6. The van der Waals surface area contributed by atoms with Gasteiger partial charge in [-0.05, 0) is 61.5 Å². The Bertz CT molecular complexity index is 1950. The molecule has 3 heterocycles. The first-order valence-electron chi connectivity index (χ1n) is 12.0. The molecule has 11 heteroatoms. The van der Waals surface area contributed by atoms with Crippen LogP contribution in [0.25, 0.3) is 17.4 Å². The summed E-state index contributed by atoms with van der Waals surface area (Å²) in [6.07, 6.45) is 2.53. The maximum Gasteiger partial charge on any atom is 0.295 e. The van der Waals surface area contributed by atoms with E-state index in [1.165, 1.54) is 39.5 Å². The lowest BCUT2D eigenvalue weighted by molar-refractivity contribution is -0.112. The first-order chi connectivity index (χ1) is 19.3. The summed E-state index contributed by atoms with van der Waals surface area (Å²) in [7, 11) is 1.67. The van der Waals surface area contributed by atoms with E-state index in [1.807, 2.05) is 6.07 Å². The Hall–Kier alpha value is -5.76. The molecule has 0 aliphatic carbocycles. The number of ether oxygens (including phenoxy) is 1. The van der Waals surface area contributed by atoms with Crippen molar-refractivity contribution in [3.63, 3.8) is 0 Å². The number of halogens is 1. The zero-order valence-electron chi connectivity index (χ0n) is 21.3.